The molecule has 1 N–H and O–H groups in total. The zero-order valence-electron chi connectivity index (χ0n) is 13.6. The number of amides is 1. The lowest BCUT2D eigenvalue weighted by Gasteiger charge is -1.98. The van der Waals surface area contributed by atoms with E-state index >= 15 is 0 Å². The van der Waals surface area contributed by atoms with E-state index in [4.69, 9.17) is 0 Å². The Balaban J connectivity index is 0.000000240. The highest BCUT2D eigenvalue weighted by atomic mass is 16.1. The molecule has 0 heterocycles. The molecule has 0 saturated heterocycles. The molecule has 0 fully saturated rings. The summed E-state index contributed by atoms with van der Waals surface area (Å²) in [6.07, 6.45) is 2.01. The Labute approximate surface area is 140 Å². The van der Waals surface area contributed by atoms with Crippen LogP contribution in [0.2, 0.25) is 0 Å². The van der Waals surface area contributed by atoms with Gasteiger partial charge in [0.1, 0.15) is 12.6 Å². The quantitative estimate of drug-likeness (QED) is 0.677. The van der Waals surface area contributed by atoms with Gasteiger partial charge >= 0.3 is 0 Å². The van der Waals surface area contributed by atoms with Gasteiger partial charge in [0.25, 0.3) is 5.91 Å². The van der Waals surface area contributed by atoms with Gasteiger partial charge in [0.05, 0.1) is 0 Å². The van der Waals surface area contributed by atoms with Crippen molar-refractivity contribution in [3.63, 3.8) is 0 Å². The number of rotatable bonds is 5. The van der Waals surface area contributed by atoms with E-state index in [-0.39, 0.29) is 11.7 Å². The molecule has 0 saturated carbocycles. The molecule has 2 rings (SSSR count). The van der Waals surface area contributed by atoms with Crippen LogP contribution in [0.5, 0.6) is 0 Å². The molecule has 5 nitrogen and oxygen atoms in total. The van der Waals surface area contributed by atoms with Crippen LogP contribution in [-0.2, 0) is 0 Å². The molecule has 0 atom stereocenters. The largest absolute Gasteiger partial charge is 0.355 e. The second-order valence-electron chi connectivity index (χ2n) is 4.84. The summed E-state index contributed by atoms with van der Waals surface area (Å²) in [6.45, 7) is 1.82. The predicted molar refractivity (Wildman–Crippen MR) is 91.7 cm³/mol. The first-order valence-corrected chi connectivity index (χ1v) is 7.41. The normalized spacial score (nSPS) is 9.25. The number of carbonyl (C=O) groups is 4. The molecule has 0 aromatic heterocycles. The summed E-state index contributed by atoms with van der Waals surface area (Å²) in [6, 6.07) is 13.1. The van der Waals surface area contributed by atoms with E-state index in [9.17, 15) is 19.2 Å². The second-order valence-corrected chi connectivity index (χ2v) is 4.84. The molecule has 1 amide bonds. The molecule has 124 valence electrons. The van der Waals surface area contributed by atoms with Crippen molar-refractivity contribution in [3.8, 4) is 0 Å². The minimum Gasteiger partial charge on any atom is -0.355 e. The Morgan fingerprint density at radius 1 is 0.833 bits per heavy atom. The predicted octanol–water partition coefficient (Wildman–Crippen LogP) is 2.95. The fraction of sp³-hybridized carbons (Fsp3) is 0.158. The summed E-state index contributed by atoms with van der Waals surface area (Å²) in [5.41, 5.74) is 2.40. The minimum atomic E-state index is -0.146. The standard InChI is InChI=1S/C10H10O2.C9H9NO2/c1-2-10(12)9-5-3-8(7-11)4-6-9;1-10-9(12)8-4-2-7(6-11)3-5-8/h3-7H,2H2,1H3;2-6H,1H3,(H,10,12). The van der Waals surface area contributed by atoms with Gasteiger partial charge in [-0.15, -0.1) is 0 Å². The van der Waals surface area contributed by atoms with Crippen LogP contribution >= 0.6 is 0 Å². The Kier molecular flexibility index (Phi) is 7.78. The fourth-order valence-corrected chi connectivity index (χ4v) is 1.81. The van der Waals surface area contributed by atoms with Crippen molar-refractivity contribution in [2.45, 2.75) is 13.3 Å². The maximum absolute atomic E-state index is 11.1. The van der Waals surface area contributed by atoms with Crippen molar-refractivity contribution < 1.29 is 19.2 Å². The van der Waals surface area contributed by atoms with E-state index in [1.165, 1.54) is 0 Å². The average Bonchev–Trinajstić information content (AvgIpc) is 2.67. The van der Waals surface area contributed by atoms with Gasteiger partial charge in [0.15, 0.2) is 5.78 Å². The van der Waals surface area contributed by atoms with Crippen LogP contribution in [0.3, 0.4) is 0 Å². The number of benzene rings is 2. The Bertz CT molecular complexity index is 640. The number of aldehydes is 2. The number of carbonyl (C=O) groups excluding carboxylic acids is 4. The van der Waals surface area contributed by atoms with E-state index < -0.39 is 0 Å². The van der Waals surface area contributed by atoms with E-state index in [0.717, 1.165) is 12.6 Å². The summed E-state index contributed by atoms with van der Waals surface area (Å²) in [5, 5.41) is 2.49. The van der Waals surface area contributed by atoms with Crippen molar-refractivity contribution in [2.75, 3.05) is 7.05 Å². The molecular formula is C19H19NO4. The van der Waals surface area contributed by atoms with Gasteiger partial charge in [0.2, 0.25) is 0 Å². The molecule has 0 aliphatic heterocycles. The topological polar surface area (TPSA) is 80.3 Å². The first-order chi connectivity index (χ1) is 11.5. The highest BCUT2D eigenvalue weighted by Crippen LogP contribution is 2.05. The molecule has 0 bridgehead atoms. The van der Waals surface area contributed by atoms with Crippen LogP contribution in [0.15, 0.2) is 48.5 Å². The van der Waals surface area contributed by atoms with Crippen LogP contribution in [0.4, 0.5) is 0 Å². The summed E-state index contributed by atoms with van der Waals surface area (Å²) in [5.74, 6) is -0.0418. The van der Waals surface area contributed by atoms with Crippen LogP contribution in [0.1, 0.15) is 54.8 Å². The number of hydrogen-bond acceptors (Lipinski definition) is 4. The molecule has 24 heavy (non-hydrogen) atoms. The van der Waals surface area contributed by atoms with Crippen LogP contribution in [0.25, 0.3) is 0 Å². The third kappa shape index (κ3) is 5.61. The van der Waals surface area contributed by atoms with Crippen molar-refractivity contribution in [1.82, 2.24) is 5.32 Å². The number of nitrogens with one attached hydrogen (secondary N) is 1. The van der Waals surface area contributed by atoms with E-state index in [0.29, 0.717) is 28.7 Å². The second kappa shape index (κ2) is 9.84. The zero-order valence-corrected chi connectivity index (χ0v) is 13.6. The highest BCUT2D eigenvalue weighted by molar-refractivity contribution is 5.96. The van der Waals surface area contributed by atoms with Gasteiger partial charge in [0, 0.05) is 35.7 Å². The maximum atomic E-state index is 11.1. The van der Waals surface area contributed by atoms with E-state index in [1.54, 1.807) is 55.6 Å². The van der Waals surface area contributed by atoms with Crippen LogP contribution in [-0.4, -0.2) is 31.3 Å². The van der Waals surface area contributed by atoms with Crippen LogP contribution in [0, 0.1) is 0 Å². The van der Waals surface area contributed by atoms with Gasteiger partial charge < -0.3 is 5.32 Å². The van der Waals surface area contributed by atoms with Crippen LogP contribution < -0.4 is 5.32 Å². The SMILES string of the molecule is CCC(=O)c1ccc(C=O)cc1.CNC(=O)c1ccc(C=O)cc1. The van der Waals surface area contributed by atoms with Crippen molar-refractivity contribution in [1.29, 1.82) is 0 Å². The Morgan fingerprint density at radius 2 is 1.25 bits per heavy atom. The van der Waals surface area contributed by atoms with Gasteiger partial charge in [-0.05, 0) is 12.1 Å². The van der Waals surface area contributed by atoms with E-state index in [2.05, 4.69) is 5.32 Å². The third-order valence-electron chi connectivity index (χ3n) is 3.23. The first kappa shape index (κ1) is 19.0. The lowest BCUT2D eigenvalue weighted by Crippen LogP contribution is -2.17. The lowest BCUT2D eigenvalue weighted by atomic mass is 10.1. The fourth-order valence-electron chi connectivity index (χ4n) is 1.81. The highest BCUT2D eigenvalue weighted by Gasteiger charge is 2.01. The average molecular weight is 325 g/mol. The number of ketones is 1. The molecule has 2 aromatic carbocycles. The molecule has 0 spiro atoms. The lowest BCUT2D eigenvalue weighted by molar-refractivity contribution is 0.0960. The first-order valence-electron chi connectivity index (χ1n) is 7.41. The maximum Gasteiger partial charge on any atom is 0.251 e. The monoisotopic (exact) mass is 325 g/mol. The van der Waals surface area contributed by atoms with Gasteiger partial charge in [-0.3, -0.25) is 19.2 Å². The summed E-state index contributed by atoms with van der Waals surface area (Å²) in [4.78, 5) is 42.7. The third-order valence-corrected chi connectivity index (χ3v) is 3.23. The Morgan fingerprint density at radius 3 is 1.58 bits per heavy atom. The number of Topliss-reactive ketones (excluding diaryl/α,β-unsaturated/α-hetero) is 1. The molecule has 5 heteroatoms. The van der Waals surface area contributed by atoms with Gasteiger partial charge in [-0.2, -0.15) is 0 Å². The number of hydrogen-bond donors (Lipinski definition) is 1. The summed E-state index contributed by atoms with van der Waals surface area (Å²) < 4.78 is 0. The molecule has 0 aliphatic carbocycles. The van der Waals surface area contributed by atoms with Crippen molar-refractivity contribution >= 4 is 24.3 Å². The van der Waals surface area contributed by atoms with Crippen molar-refractivity contribution in [2.24, 2.45) is 0 Å². The molecule has 0 aliphatic rings. The zero-order chi connectivity index (χ0) is 17.9. The van der Waals surface area contributed by atoms with Gasteiger partial charge in [-0.25, -0.2) is 0 Å². The summed E-state index contributed by atoms with van der Waals surface area (Å²) in [7, 11) is 1.57. The molecule has 0 radical (unpaired) electrons. The Hall–Kier alpha value is -3.08. The van der Waals surface area contributed by atoms with Crippen molar-refractivity contribution in [3.05, 3.63) is 70.8 Å². The summed E-state index contributed by atoms with van der Waals surface area (Å²) >= 11 is 0. The minimum absolute atomic E-state index is 0.104. The molecular weight excluding hydrogens is 306 g/mol. The van der Waals surface area contributed by atoms with E-state index in [1.807, 2.05) is 6.92 Å². The molecule has 2 aromatic rings. The smallest absolute Gasteiger partial charge is 0.251 e. The molecule has 0 unspecified atom stereocenters. The van der Waals surface area contributed by atoms with Gasteiger partial charge in [-0.1, -0.05) is 43.3 Å².